The van der Waals surface area contributed by atoms with E-state index in [1.54, 1.807) is 18.1 Å². The van der Waals surface area contributed by atoms with Gasteiger partial charge in [-0.2, -0.15) is 5.10 Å². The first-order valence-electron chi connectivity index (χ1n) is 8.66. The number of amides is 1. The Labute approximate surface area is 142 Å². The van der Waals surface area contributed by atoms with Crippen LogP contribution < -0.4 is 0 Å². The molecule has 1 amide bonds. The van der Waals surface area contributed by atoms with E-state index in [9.17, 15) is 4.79 Å². The number of nitrogens with zero attached hydrogens (tertiary/aromatic N) is 3. The maximum atomic E-state index is 12.7. The minimum Gasteiger partial charge on any atom is -0.456 e. The van der Waals surface area contributed by atoms with Gasteiger partial charge in [-0.1, -0.05) is 6.92 Å². The van der Waals surface area contributed by atoms with Crippen LogP contribution in [0.25, 0.3) is 0 Å². The fraction of sp³-hybridized carbons (Fsp3) is 0.556. The Morgan fingerprint density at radius 1 is 1.38 bits per heavy atom. The van der Waals surface area contributed by atoms with Crippen molar-refractivity contribution >= 4 is 5.91 Å². The molecule has 0 saturated carbocycles. The number of hydrogen-bond acceptors (Lipinski definition) is 4. The summed E-state index contributed by atoms with van der Waals surface area (Å²) < 4.78 is 5.87. The van der Waals surface area contributed by atoms with Crippen molar-refractivity contribution in [1.82, 2.24) is 20.0 Å². The smallest absolute Gasteiger partial charge is 0.289 e. The summed E-state index contributed by atoms with van der Waals surface area (Å²) in [7, 11) is 1.79. The van der Waals surface area contributed by atoms with Gasteiger partial charge in [-0.15, -0.1) is 0 Å². The van der Waals surface area contributed by atoms with Gasteiger partial charge in [-0.25, -0.2) is 0 Å². The van der Waals surface area contributed by atoms with Crippen molar-refractivity contribution < 1.29 is 9.21 Å². The standard InChI is InChI=1S/C18H26N4O2/c1-4-16-14(12-22-7-5-6-8-22)9-17(24-16)18(23)21(3)11-15-10-19-20-13(15)2/h9-10H,4-8,11-12H2,1-3H3,(H,19,20). The molecule has 0 aromatic carbocycles. The Hall–Kier alpha value is -2.08. The molecule has 3 rings (SSSR count). The first kappa shape index (κ1) is 16.8. The Morgan fingerprint density at radius 2 is 2.12 bits per heavy atom. The van der Waals surface area contributed by atoms with Crippen molar-refractivity contribution in [3.05, 3.63) is 40.6 Å². The topological polar surface area (TPSA) is 65.4 Å². The quantitative estimate of drug-likeness (QED) is 0.884. The highest BCUT2D eigenvalue weighted by Crippen LogP contribution is 2.22. The summed E-state index contributed by atoms with van der Waals surface area (Å²) in [5, 5.41) is 6.90. The lowest BCUT2D eigenvalue weighted by Crippen LogP contribution is -2.26. The normalized spacial score (nSPS) is 15.1. The second-order valence-corrected chi connectivity index (χ2v) is 6.58. The maximum Gasteiger partial charge on any atom is 0.289 e. The maximum absolute atomic E-state index is 12.7. The molecule has 0 spiro atoms. The van der Waals surface area contributed by atoms with Crippen LogP contribution in [0.5, 0.6) is 0 Å². The van der Waals surface area contributed by atoms with E-state index in [2.05, 4.69) is 22.0 Å². The third-order valence-electron chi connectivity index (χ3n) is 4.71. The summed E-state index contributed by atoms with van der Waals surface area (Å²) in [5.74, 6) is 1.28. The summed E-state index contributed by atoms with van der Waals surface area (Å²) in [5.41, 5.74) is 3.15. The van der Waals surface area contributed by atoms with Gasteiger partial charge in [-0.05, 0) is 38.9 Å². The van der Waals surface area contributed by atoms with Crippen LogP contribution in [0.2, 0.25) is 0 Å². The molecule has 1 aliphatic heterocycles. The molecule has 24 heavy (non-hydrogen) atoms. The molecule has 0 radical (unpaired) electrons. The van der Waals surface area contributed by atoms with Crippen LogP contribution in [-0.4, -0.2) is 46.0 Å². The highest BCUT2D eigenvalue weighted by Gasteiger charge is 2.22. The van der Waals surface area contributed by atoms with E-state index in [1.165, 1.54) is 12.8 Å². The van der Waals surface area contributed by atoms with Crippen molar-refractivity contribution in [2.75, 3.05) is 20.1 Å². The average Bonchev–Trinajstić information content (AvgIpc) is 3.30. The highest BCUT2D eigenvalue weighted by atomic mass is 16.4. The molecule has 1 fully saturated rings. The van der Waals surface area contributed by atoms with Gasteiger partial charge in [0.2, 0.25) is 0 Å². The van der Waals surface area contributed by atoms with Gasteiger partial charge < -0.3 is 9.32 Å². The van der Waals surface area contributed by atoms with Crippen LogP contribution in [0.1, 0.15) is 52.9 Å². The number of nitrogens with one attached hydrogen (secondary N) is 1. The molecule has 1 saturated heterocycles. The van der Waals surface area contributed by atoms with Gasteiger partial charge in [-0.3, -0.25) is 14.8 Å². The number of hydrogen-bond donors (Lipinski definition) is 1. The van der Waals surface area contributed by atoms with Crippen LogP contribution in [0, 0.1) is 6.92 Å². The van der Waals surface area contributed by atoms with E-state index in [0.29, 0.717) is 12.3 Å². The third kappa shape index (κ3) is 3.53. The van der Waals surface area contributed by atoms with E-state index >= 15 is 0 Å². The van der Waals surface area contributed by atoms with Crippen molar-refractivity contribution in [2.45, 2.75) is 46.2 Å². The summed E-state index contributed by atoms with van der Waals surface area (Å²) in [6.07, 6.45) is 5.09. The van der Waals surface area contributed by atoms with E-state index in [4.69, 9.17) is 4.42 Å². The highest BCUT2D eigenvalue weighted by molar-refractivity contribution is 5.91. The minimum atomic E-state index is -0.0852. The molecule has 2 aromatic heterocycles. The number of aromatic nitrogens is 2. The van der Waals surface area contributed by atoms with Crippen LogP contribution >= 0.6 is 0 Å². The number of likely N-dealkylation sites (tertiary alicyclic amines) is 1. The van der Waals surface area contributed by atoms with Crippen molar-refractivity contribution in [2.24, 2.45) is 0 Å². The Morgan fingerprint density at radius 3 is 2.75 bits per heavy atom. The summed E-state index contributed by atoms with van der Waals surface area (Å²) in [6, 6.07) is 1.93. The largest absolute Gasteiger partial charge is 0.456 e. The number of aryl methyl sites for hydroxylation is 2. The fourth-order valence-corrected chi connectivity index (χ4v) is 3.24. The number of rotatable bonds is 6. The van der Waals surface area contributed by atoms with Crippen molar-refractivity contribution in [3.63, 3.8) is 0 Å². The fourth-order valence-electron chi connectivity index (χ4n) is 3.24. The lowest BCUT2D eigenvalue weighted by atomic mass is 10.2. The van der Waals surface area contributed by atoms with E-state index in [0.717, 1.165) is 48.6 Å². The second kappa shape index (κ2) is 7.21. The van der Waals surface area contributed by atoms with Gasteiger partial charge in [0.15, 0.2) is 5.76 Å². The Bertz CT molecular complexity index is 698. The molecule has 6 heteroatoms. The summed E-state index contributed by atoms with van der Waals surface area (Å²) in [6.45, 7) is 7.69. The van der Waals surface area contributed by atoms with Crippen LogP contribution in [0.15, 0.2) is 16.7 Å². The van der Waals surface area contributed by atoms with Gasteiger partial charge in [0.25, 0.3) is 5.91 Å². The number of carbonyl (C=O) groups is 1. The molecular formula is C18H26N4O2. The molecule has 0 atom stereocenters. The predicted molar refractivity (Wildman–Crippen MR) is 91.7 cm³/mol. The number of carbonyl (C=O) groups excluding carboxylic acids is 1. The number of H-pyrrole nitrogens is 1. The lowest BCUT2D eigenvalue weighted by Gasteiger charge is -2.15. The third-order valence-corrected chi connectivity index (χ3v) is 4.71. The molecular weight excluding hydrogens is 304 g/mol. The first-order valence-corrected chi connectivity index (χ1v) is 8.66. The van der Waals surface area contributed by atoms with Crippen LogP contribution in [0.4, 0.5) is 0 Å². The Balaban J connectivity index is 1.71. The zero-order valence-corrected chi connectivity index (χ0v) is 14.8. The zero-order chi connectivity index (χ0) is 17.1. The van der Waals surface area contributed by atoms with Gasteiger partial charge in [0, 0.05) is 43.4 Å². The lowest BCUT2D eigenvalue weighted by molar-refractivity contribution is 0.0751. The van der Waals surface area contributed by atoms with E-state index in [-0.39, 0.29) is 5.91 Å². The molecule has 2 aromatic rings. The molecule has 1 N–H and O–H groups in total. The van der Waals surface area contributed by atoms with Crippen LogP contribution in [-0.2, 0) is 19.5 Å². The SMILES string of the molecule is CCc1oc(C(=O)N(C)Cc2cn[nH]c2C)cc1CN1CCCC1. The molecule has 0 unspecified atom stereocenters. The minimum absolute atomic E-state index is 0.0852. The number of furan rings is 1. The average molecular weight is 330 g/mol. The summed E-state index contributed by atoms with van der Waals surface area (Å²) in [4.78, 5) is 16.8. The van der Waals surface area contributed by atoms with Gasteiger partial charge in [0.1, 0.15) is 5.76 Å². The molecule has 130 valence electrons. The Kier molecular flexibility index (Phi) is 5.04. The van der Waals surface area contributed by atoms with E-state index < -0.39 is 0 Å². The zero-order valence-electron chi connectivity index (χ0n) is 14.8. The number of aromatic amines is 1. The van der Waals surface area contributed by atoms with Crippen molar-refractivity contribution in [3.8, 4) is 0 Å². The van der Waals surface area contributed by atoms with Crippen molar-refractivity contribution in [1.29, 1.82) is 0 Å². The monoisotopic (exact) mass is 330 g/mol. The van der Waals surface area contributed by atoms with Gasteiger partial charge >= 0.3 is 0 Å². The molecule has 1 aliphatic rings. The first-order chi connectivity index (χ1) is 11.6. The van der Waals surface area contributed by atoms with Gasteiger partial charge in [0.05, 0.1) is 6.20 Å². The predicted octanol–water partition coefficient (Wildman–Crippen LogP) is 2.74. The van der Waals surface area contributed by atoms with Crippen LogP contribution in [0.3, 0.4) is 0 Å². The summed E-state index contributed by atoms with van der Waals surface area (Å²) >= 11 is 0. The molecule has 0 bridgehead atoms. The molecule has 6 nitrogen and oxygen atoms in total. The van der Waals surface area contributed by atoms with E-state index in [1.807, 2.05) is 13.0 Å². The molecule has 3 heterocycles. The molecule has 0 aliphatic carbocycles. The second-order valence-electron chi connectivity index (χ2n) is 6.58.